The molecule has 0 aliphatic carbocycles. The van der Waals surface area contributed by atoms with Crippen LogP contribution in [0.15, 0.2) is 48.7 Å². The maximum absolute atomic E-state index is 9.81. The van der Waals surface area contributed by atoms with E-state index in [1.54, 1.807) is 18.3 Å². The van der Waals surface area contributed by atoms with Gasteiger partial charge in [0.2, 0.25) is 0 Å². The normalized spacial score (nSPS) is 10.7. The molecule has 0 fully saturated rings. The largest absolute Gasteiger partial charge is 0.508 e. The fraction of sp³-hybridized carbons (Fsp3) is 0.118. The number of phenols is 2. The number of aryl methyl sites for hydroxylation is 1. The van der Waals surface area contributed by atoms with E-state index in [4.69, 9.17) is 0 Å². The number of nitrogens with one attached hydrogen (secondary N) is 1. The van der Waals surface area contributed by atoms with Crippen LogP contribution in [0.1, 0.15) is 11.1 Å². The molecule has 1 aromatic heterocycles. The number of fused-ring (bicyclic) bond motifs is 1. The average molecular weight is 280 g/mol. The van der Waals surface area contributed by atoms with E-state index in [0.717, 1.165) is 27.7 Å². The number of nitrogens with zero attached hydrogens (tertiary/aromatic N) is 1. The fourth-order valence-corrected chi connectivity index (χ4v) is 2.36. The first-order valence-corrected chi connectivity index (χ1v) is 6.74. The van der Waals surface area contributed by atoms with E-state index in [-0.39, 0.29) is 11.5 Å². The number of hydrogen-bond donors (Lipinski definition) is 3. The highest BCUT2D eigenvalue weighted by molar-refractivity contribution is 5.93. The molecule has 0 atom stereocenters. The number of aromatic hydroxyl groups is 2. The van der Waals surface area contributed by atoms with Crippen molar-refractivity contribution in [2.24, 2.45) is 0 Å². The molecule has 3 N–H and O–H groups in total. The maximum atomic E-state index is 9.81. The summed E-state index contributed by atoms with van der Waals surface area (Å²) in [6, 6.07) is 12.6. The second kappa shape index (κ2) is 5.32. The highest BCUT2D eigenvalue weighted by Crippen LogP contribution is 2.27. The van der Waals surface area contributed by atoms with E-state index >= 15 is 0 Å². The van der Waals surface area contributed by atoms with Crippen LogP contribution in [0.5, 0.6) is 11.5 Å². The summed E-state index contributed by atoms with van der Waals surface area (Å²) in [6.07, 6.45) is 1.78. The predicted molar refractivity (Wildman–Crippen MR) is 83.6 cm³/mol. The van der Waals surface area contributed by atoms with E-state index in [1.165, 1.54) is 6.07 Å². The van der Waals surface area contributed by atoms with Crippen LogP contribution in [-0.2, 0) is 6.54 Å². The number of aromatic nitrogens is 1. The van der Waals surface area contributed by atoms with Crippen molar-refractivity contribution in [1.82, 2.24) is 4.98 Å². The number of benzene rings is 2. The van der Waals surface area contributed by atoms with E-state index in [9.17, 15) is 10.2 Å². The standard InChI is InChI=1S/C17H16N2O2/c1-11-4-7-15(14-3-2-8-18-17(11)14)19-10-12-5-6-13(20)9-16(12)21/h2-9,19-21H,10H2,1H3. The van der Waals surface area contributed by atoms with Gasteiger partial charge in [0.05, 0.1) is 5.52 Å². The van der Waals surface area contributed by atoms with Crippen molar-refractivity contribution >= 4 is 16.6 Å². The Kier molecular flexibility index (Phi) is 3.36. The zero-order chi connectivity index (χ0) is 14.8. The second-order valence-electron chi connectivity index (χ2n) is 5.00. The summed E-state index contributed by atoms with van der Waals surface area (Å²) in [5.41, 5.74) is 3.79. The fourth-order valence-electron chi connectivity index (χ4n) is 2.36. The molecule has 0 radical (unpaired) electrons. The molecule has 21 heavy (non-hydrogen) atoms. The van der Waals surface area contributed by atoms with Crippen molar-refractivity contribution in [3.63, 3.8) is 0 Å². The molecular weight excluding hydrogens is 264 g/mol. The van der Waals surface area contributed by atoms with Crippen molar-refractivity contribution in [3.8, 4) is 11.5 Å². The van der Waals surface area contributed by atoms with Crippen LogP contribution in [-0.4, -0.2) is 15.2 Å². The Bertz CT molecular complexity index is 800. The third-order valence-electron chi connectivity index (χ3n) is 3.51. The first kappa shape index (κ1) is 13.2. The monoisotopic (exact) mass is 280 g/mol. The van der Waals surface area contributed by atoms with Crippen molar-refractivity contribution in [2.45, 2.75) is 13.5 Å². The van der Waals surface area contributed by atoms with Crippen LogP contribution >= 0.6 is 0 Å². The summed E-state index contributed by atoms with van der Waals surface area (Å²) in [6.45, 7) is 2.50. The minimum absolute atomic E-state index is 0.0567. The van der Waals surface area contributed by atoms with E-state index in [1.807, 2.05) is 31.2 Å². The Morgan fingerprint density at radius 2 is 1.95 bits per heavy atom. The molecule has 3 rings (SSSR count). The summed E-state index contributed by atoms with van der Waals surface area (Å²) >= 11 is 0. The van der Waals surface area contributed by atoms with Gasteiger partial charge in [-0.25, -0.2) is 0 Å². The van der Waals surface area contributed by atoms with Gasteiger partial charge in [0.15, 0.2) is 0 Å². The van der Waals surface area contributed by atoms with Crippen LogP contribution in [0.2, 0.25) is 0 Å². The van der Waals surface area contributed by atoms with Crippen molar-refractivity contribution in [3.05, 3.63) is 59.8 Å². The van der Waals surface area contributed by atoms with Crippen LogP contribution in [0.4, 0.5) is 5.69 Å². The summed E-state index contributed by atoms with van der Waals surface area (Å²) in [4.78, 5) is 4.40. The predicted octanol–water partition coefficient (Wildman–Crippen LogP) is 3.57. The average Bonchev–Trinajstić information content (AvgIpc) is 2.48. The number of phenolic OH excluding ortho intramolecular Hbond substituents is 2. The Morgan fingerprint density at radius 1 is 1.10 bits per heavy atom. The van der Waals surface area contributed by atoms with Gasteiger partial charge in [-0.3, -0.25) is 4.98 Å². The molecule has 0 spiro atoms. The van der Waals surface area contributed by atoms with Gasteiger partial charge in [-0.2, -0.15) is 0 Å². The lowest BCUT2D eigenvalue weighted by Crippen LogP contribution is -2.01. The summed E-state index contributed by atoms with van der Waals surface area (Å²) < 4.78 is 0. The Hall–Kier alpha value is -2.75. The Labute approximate surface area is 122 Å². The molecule has 0 bridgehead atoms. The second-order valence-corrected chi connectivity index (χ2v) is 5.00. The lowest BCUT2D eigenvalue weighted by molar-refractivity contribution is 0.446. The first-order chi connectivity index (χ1) is 10.1. The third kappa shape index (κ3) is 2.60. The Balaban J connectivity index is 1.90. The summed E-state index contributed by atoms with van der Waals surface area (Å²) in [5.74, 6) is 0.137. The van der Waals surface area contributed by atoms with Crippen molar-refractivity contribution < 1.29 is 10.2 Å². The van der Waals surface area contributed by atoms with Crippen LogP contribution in [0.25, 0.3) is 10.9 Å². The molecule has 0 aliphatic heterocycles. The Morgan fingerprint density at radius 3 is 2.76 bits per heavy atom. The molecule has 0 unspecified atom stereocenters. The molecule has 2 aromatic carbocycles. The van der Waals surface area contributed by atoms with Crippen LogP contribution in [0, 0.1) is 6.92 Å². The number of anilines is 1. The zero-order valence-corrected chi connectivity index (χ0v) is 11.7. The van der Waals surface area contributed by atoms with Crippen LogP contribution in [0.3, 0.4) is 0 Å². The number of rotatable bonds is 3. The minimum atomic E-state index is 0.0567. The molecule has 3 aromatic rings. The van der Waals surface area contributed by atoms with Gasteiger partial charge in [-0.15, -0.1) is 0 Å². The van der Waals surface area contributed by atoms with Gasteiger partial charge in [0.1, 0.15) is 11.5 Å². The molecule has 1 heterocycles. The van der Waals surface area contributed by atoms with Gasteiger partial charge in [-0.1, -0.05) is 6.07 Å². The van der Waals surface area contributed by atoms with Crippen molar-refractivity contribution in [1.29, 1.82) is 0 Å². The number of hydrogen-bond acceptors (Lipinski definition) is 4. The highest BCUT2D eigenvalue weighted by Gasteiger charge is 2.06. The first-order valence-electron chi connectivity index (χ1n) is 6.74. The molecule has 0 saturated heterocycles. The van der Waals surface area contributed by atoms with Crippen LogP contribution < -0.4 is 5.32 Å². The molecule has 106 valence electrons. The van der Waals surface area contributed by atoms with Gasteiger partial charge in [0, 0.05) is 35.4 Å². The smallest absolute Gasteiger partial charge is 0.124 e. The lowest BCUT2D eigenvalue weighted by Gasteiger charge is -2.12. The lowest BCUT2D eigenvalue weighted by atomic mass is 10.1. The zero-order valence-electron chi connectivity index (χ0n) is 11.7. The van der Waals surface area contributed by atoms with Gasteiger partial charge in [-0.05, 0) is 42.8 Å². The SMILES string of the molecule is Cc1ccc(NCc2ccc(O)cc2O)c2cccnc12. The molecule has 0 saturated carbocycles. The van der Waals surface area contributed by atoms with E-state index in [2.05, 4.69) is 10.3 Å². The van der Waals surface area contributed by atoms with E-state index < -0.39 is 0 Å². The summed E-state index contributed by atoms with van der Waals surface area (Å²) in [5, 5.41) is 23.5. The topological polar surface area (TPSA) is 65.4 Å². The molecule has 0 amide bonds. The third-order valence-corrected chi connectivity index (χ3v) is 3.51. The minimum Gasteiger partial charge on any atom is -0.508 e. The quantitative estimate of drug-likeness (QED) is 0.686. The molecule has 4 heteroatoms. The number of pyridine rings is 1. The van der Waals surface area contributed by atoms with Gasteiger partial charge >= 0.3 is 0 Å². The highest BCUT2D eigenvalue weighted by atomic mass is 16.3. The van der Waals surface area contributed by atoms with Crippen molar-refractivity contribution in [2.75, 3.05) is 5.32 Å². The summed E-state index contributed by atoms with van der Waals surface area (Å²) in [7, 11) is 0. The molecule has 4 nitrogen and oxygen atoms in total. The molecule has 0 aliphatic rings. The van der Waals surface area contributed by atoms with E-state index in [0.29, 0.717) is 6.54 Å². The van der Waals surface area contributed by atoms with Gasteiger partial charge in [0.25, 0.3) is 0 Å². The maximum Gasteiger partial charge on any atom is 0.124 e. The van der Waals surface area contributed by atoms with Gasteiger partial charge < -0.3 is 15.5 Å². The molecular formula is C17H16N2O2.